The highest BCUT2D eigenvalue weighted by molar-refractivity contribution is 7.92. The lowest BCUT2D eigenvalue weighted by Crippen LogP contribution is -2.27. The number of sulfonamides is 1. The minimum Gasteiger partial charge on any atom is -0.337 e. The lowest BCUT2D eigenvalue weighted by molar-refractivity contribution is 0.0770. The summed E-state index contributed by atoms with van der Waals surface area (Å²) in [6.07, 6.45) is 1.09. The molecule has 10 heteroatoms. The van der Waals surface area contributed by atoms with Crippen molar-refractivity contribution in [2.45, 2.75) is 13.5 Å². The molecule has 158 valence electrons. The van der Waals surface area contributed by atoms with Gasteiger partial charge in [0.05, 0.1) is 29.1 Å². The van der Waals surface area contributed by atoms with Gasteiger partial charge in [0.2, 0.25) is 21.7 Å². The second kappa shape index (κ2) is 8.45. The van der Waals surface area contributed by atoms with E-state index in [1.807, 2.05) is 31.2 Å². The number of nitrogens with zero attached hydrogens (tertiary/aromatic N) is 4. The molecule has 2 aromatic carbocycles. The summed E-state index contributed by atoms with van der Waals surface area (Å²) in [6.45, 7) is 2.09. The van der Waals surface area contributed by atoms with Crippen molar-refractivity contribution >= 4 is 33.2 Å². The highest BCUT2D eigenvalue weighted by atomic mass is 35.5. The van der Waals surface area contributed by atoms with Crippen LogP contribution in [0.15, 0.2) is 47.0 Å². The van der Waals surface area contributed by atoms with E-state index in [-0.39, 0.29) is 28.9 Å². The number of halogens is 1. The molecule has 0 bridgehead atoms. The summed E-state index contributed by atoms with van der Waals surface area (Å²) in [4.78, 5) is 18.5. The largest absolute Gasteiger partial charge is 0.337 e. The highest BCUT2D eigenvalue weighted by Crippen LogP contribution is 2.26. The van der Waals surface area contributed by atoms with Crippen molar-refractivity contribution in [3.63, 3.8) is 0 Å². The first-order valence-corrected chi connectivity index (χ1v) is 11.2. The number of rotatable bonds is 6. The van der Waals surface area contributed by atoms with E-state index in [2.05, 4.69) is 10.1 Å². The number of hydrogen-bond donors (Lipinski definition) is 0. The topological polar surface area (TPSA) is 96.6 Å². The second-order valence-corrected chi connectivity index (χ2v) is 9.35. The molecule has 0 fully saturated rings. The molecule has 8 nitrogen and oxygen atoms in total. The molecule has 0 N–H and O–H groups in total. The van der Waals surface area contributed by atoms with E-state index < -0.39 is 10.0 Å². The molecule has 30 heavy (non-hydrogen) atoms. The average Bonchev–Trinajstić information content (AvgIpc) is 3.15. The highest BCUT2D eigenvalue weighted by Gasteiger charge is 2.20. The maximum absolute atomic E-state index is 12.8. The fourth-order valence-corrected chi connectivity index (χ4v) is 3.44. The van der Waals surface area contributed by atoms with Gasteiger partial charge in [-0.25, -0.2) is 8.42 Å². The van der Waals surface area contributed by atoms with Crippen molar-refractivity contribution in [1.29, 1.82) is 0 Å². The van der Waals surface area contributed by atoms with Crippen molar-refractivity contribution in [2.24, 2.45) is 0 Å². The summed E-state index contributed by atoms with van der Waals surface area (Å²) >= 11 is 6.24. The molecule has 3 aromatic rings. The van der Waals surface area contributed by atoms with Gasteiger partial charge in [0.1, 0.15) is 0 Å². The normalized spacial score (nSPS) is 11.4. The monoisotopic (exact) mass is 448 g/mol. The van der Waals surface area contributed by atoms with Crippen molar-refractivity contribution in [1.82, 2.24) is 15.0 Å². The number of anilines is 1. The van der Waals surface area contributed by atoms with E-state index in [9.17, 15) is 13.2 Å². The van der Waals surface area contributed by atoms with Gasteiger partial charge in [0, 0.05) is 19.7 Å². The van der Waals surface area contributed by atoms with Crippen LogP contribution in [-0.4, -0.2) is 49.7 Å². The third kappa shape index (κ3) is 4.80. The summed E-state index contributed by atoms with van der Waals surface area (Å²) < 4.78 is 29.7. The standard InChI is InChI=1S/C20H21ClN4O4S/c1-13-5-7-14(8-6-13)19-22-18(29-23-19)12-24(2)20(26)16-10-9-15(11-17(16)21)25(3)30(4,27)28/h5-11H,12H2,1-4H3. The van der Waals surface area contributed by atoms with E-state index >= 15 is 0 Å². The van der Waals surface area contributed by atoms with Crippen LogP contribution in [0.4, 0.5) is 5.69 Å². The Labute approximate surface area is 180 Å². The van der Waals surface area contributed by atoms with Gasteiger partial charge in [-0.2, -0.15) is 4.98 Å². The molecule has 1 heterocycles. The van der Waals surface area contributed by atoms with Gasteiger partial charge >= 0.3 is 0 Å². The van der Waals surface area contributed by atoms with Crippen LogP contribution >= 0.6 is 11.6 Å². The average molecular weight is 449 g/mol. The molecule has 0 unspecified atom stereocenters. The molecule has 0 saturated heterocycles. The molecule has 0 aliphatic heterocycles. The first kappa shape index (κ1) is 21.8. The fraction of sp³-hybridized carbons (Fsp3) is 0.250. The van der Waals surface area contributed by atoms with Gasteiger partial charge in [-0.3, -0.25) is 9.10 Å². The lowest BCUT2D eigenvalue weighted by atomic mass is 10.1. The van der Waals surface area contributed by atoms with Crippen molar-refractivity contribution in [2.75, 3.05) is 24.7 Å². The molecular weight excluding hydrogens is 428 g/mol. The zero-order valence-corrected chi connectivity index (χ0v) is 18.5. The Hall–Kier alpha value is -2.91. The van der Waals surface area contributed by atoms with Gasteiger partial charge in [-0.15, -0.1) is 0 Å². The molecule has 1 amide bonds. The molecule has 0 aliphatic carbocycles. The maximum atomic E-state index is 12.8. The van der Waals surface area contributed by atoms with Crippen molar-refractivity contribution < 1.29 is 17.7 Å². The summed E-state index contributed by atoms with van der Waals surface area (Å²) in [5.74, 6) is 0.367. The van der Waals surface area contributed by atoms with Crippen LogP contribution in [0.3, 0.4) is 0 Å². The summed E-state index contributed by atoms with van der Waals surface area (Å²) in [6, 6.07) is 12.1. The number of benzene rings is 2. The van der Waals surface area contributed by atoms with Crippen LogP contribution in [0.5, 0.6) is 0 Å². The van der Waals surface area contributed by atoms with E-state index in [0.29, 0.717) is 11.5 Å². The predicted molar refractivity (Wildman–Crippen MR) is 115 cm³/mol. The number of carbonyl (C=O) groups excluding carboxylic acids is 1. The van der Waals surface area contributed by atoms with Gasteiger partial charge in [-0.05, 0) is 25.1 Å². The van der Waals surface area contributed by atoms with Crippen molar-refractivity contribution in [3.05, 3.63) is 64.5 Å². The van der Waals surface area contributed by atoms with Gasteiger partial charge in [-0.1, -0.05) is 46.6 Å². The van der Waals surface area contributed by atoms with Crippen LogP contribution in [0, 0.1) is 6.92 Å². The Kier molecular flexibility index (Phi) is 6.14. The minimum atomic E-state index is -3.43. The van der Waals surface area contributed by atoms with Gasteiger partial charge in [0.15, 0.2) is 0 Å². The molecular formula is C20H21ClN4O4S. The molecule has 0 atom stereocenters. The Balaban J connectivity index is 1.74. The maximum Gasteiger partial charge on any atom is 0.255 e. The molecule has 3 rings (SSSR count). The van der Waals surface area contributed by atoms with Gasteiger partial charge in [0.25, 0.3) is 5.91 Å². The van der Waals surface area contributed by atoms with Crippen molar-refractivity contribution in [3.8, 4) is 11.4 Å². The van der Waals surface area contributed by atoms with Gasteiger partial charge < -0.3 is 9.42 Å². The third-order valence-electron chi connectivity index (χ3n) is 4.54. The fourth-order valence-electron chi connectivity index (χ4n) is 2.68. The summed E-state index contributed by atoms with van der Waals surface area (Å²) in [5.41, 5.74) is 2.54. The second-order valence-electron chi connectivity index (χ2n) is 6.93. The molecule has 0 saturated carbocycles. The number of carbonyl (C=O) groups is 1. The van der Waals surface area contributed by atoms with Crippen LogP contribution in [0.1, 0.15) is 21.8 Å². The molecule has 0 spiro atoms. The molecule has 0 radical (unpaired) electrons. The number of aryl methyl sites for hydroxylation is 1. The van der Waals surface area contributed by atoms with Crippen LogP contribution in [0.2, 0.25) is 5.02 Å². The summed E-state index contributed by atoms with van der Waals surface area (Å²) in [5, 5.41) is 4.10. The first-order valence-electron chi connectivity index (χ1n) is 8.95. The number of aromatic nitrogens is 2. The molecule has 1 aromatic heterocycles. The van der Waals surface area contributed by atoms with Crippen LogP contribution in [-0.2, 0) is 16.6 Å². The van der Waals surface area contributed by atoms with E-state index in [0.717, 1.165) is 21.7 Å². The quantitative estimate of drug-likeness (QED) is 0.573. The predicted octanol–water partition coefficient (Wildman–Crippen LogP) is 3.37. The van der Waals surface area contributed by atoms with E-state index in [1.165, 1.54) is 30.1 Å². The summed E-state index contributed by atoms with van der Waals surface area (Å²) in [7, 11) is -0.433. The van der Waals surface area contributed by atoms with Crippen LogP contribution in [0.25, 0.3) is 11.4 Å². The Morgan fingerprint density at radius 3 is 2.40 bits per heavy atom. The Morgan fingerprint density at radius 2 is 1.80 bits per heavy atom. The minimum absolute atomic E-state index is 0.0962. The van der Waals surface area contributed by atoms with E-state index in [4.69, 9.17) is 16.1 Å². The third-order valence-corrected chi connectivity index (χ3v) is 6.06. The Bertz CT molecular complexity index is 1180. The first-order chi connectivity index (χ1) is 14.1. The molecule has 0 aliphatic rings. The Morgan fingerprint density at radius 1 is 1.13 bits per heavy atom. The lowest BCUT2D eigenvalue weighted by Gasteiger charge is -2.19. The zero-order chi connectivity index (χ0) is 22.1. The van der Waals surface area contributed by atoms with E-state index in [1.54, 1.807) is 7.05 Å². The number of hydrogen-bond acceptors (Lipinski definition) is 6. The van der Waals surface area contributed by atoms with Crippen LogP contribution < -0.4 is 4.31 Å². The smallest absolute Gasteiger partial charge is 0.255 e. The zero-order valence-electron chi connectivity index (χ0n) is 17.0. The number of amides is 1. The SMILES string of the molecule is Cc1ccc(-c2noc(CN(C)C(=O)c3ccc(N(C)S(C)(=O)=O)cc3Cl)n2)cc1.